The number of carboxylic acids is 2. The number of benzene rings is 2. The second-order valence-corrected chi connectivity index (χ2v) is 6.32. The van der Waals surface area contributed by atoms with E-state index in [1.54, 1.807) is 24.3 Å². The molecule has 0 aliphatic rings. The van der Waals surface area contributed by atoms with Crippen LogP contribution in [0.2, 0.25) is 0 Å². The van der Waals surface area contributed by atoms with Crippen LogP contribution in [0.4, 0.5) is 0 Å². The topological polar surface area (TPSA) is 144 Å². The quantitative estimate of drug-likeness (QED) is 0.384. The van der Waals surface area contributed by atoms with Crippen molar-refractivity contribution in [2.75, 3.05) is 7.11 Å². The second kappa shape index (κ2) is 6.89. The number of carbonyl (C=O) groups is 2. The fraction of sp³-hybridized carbons (Fsp3) is 0.0476. The lowest BCUT2D eigenvalue weighted by atomic mass is 9.98. The molecule has 0 unspecified atom stereocenters. The number of methoxy groups -OCH3 is 1. The molecule has 0 radical (unpaired) electrons. The molecule has 4 rings (SSSR count). The molecule has 0 atom stereocenters. The lowest BCUT2D eigenvalue weighted by molar-refractivity contribution is 0.0681. The number of ether oxygens (including phenoxy) is 1. The van der Waals surface area contributed by atoms with Crippen molar-refractivity contribution in [1.82, 2.24) is 0 Å². The van der Waals surface area contributed by atoms with Crippen molar-refractivity contribution in [2.24, 2.45) is 0 Å². The summed E-state index contributed by atoms with van der Waals surface area (Å²) in [5, 5.41) is 18.9. The van der Waals surface area contributed by atoms with E-state index >= 15 is 0 Å². The Morgan fingerprint density at radius 3 is 1.67 bits per heavy atom. The number of rotatable bonds is 4. The maximum atomic E-state index is 12.2. The van der Waals surface area contributed by atoms with Crippen molar-refractivity contribution in [3.05, 3.63) is 74.4 Å². The van der Waals surface area contributed by atoms with E-state index in [1.165, 1.54) is 13.2 Å². The predicted octanol–water partition coefficient (Wildman–Crippen LogP) is 2.97. The summed E-state index contributed by atoms with van der Waals surface area (Å²) in [6, 6.07) is 10.2. The zero-order valence-corrected chi connectivity index (χ0v) is 15.3. The minimum Gasteiger partial charge on any atom is -0.497 e. The molecule has 150 valence electrons. The molecule has 4 aromatic rings. The number of aromatic carboxylic acids is 2. The molecule has 9 heteroatoms. The lowest BCUT2D eigenvalue weighted by Gasteiger charge is -2.11. The van der Waals surface area contributed by atoms with Gasteiger partial charge in [0.2, 0.25) is 0 Å². The fourth-order valence-corrected chi connectivity index (χ4v) is 3.17. The monoisotopic (exact) mass is 408 g/mol. The average molecular weight is 408 g/mol. The SMILES string of the molecule is COc1ccc(-c2c3oc(=O)c(C(=O)O)cc3cc3cc(C(=O)O)c(=O)oc23)cc1. The normalized spacial score (nSPS) is 11.0. The van der Waals surface area contributed by atoms with E-state index in [9.17, 15) is 29.4 Å². The summed E-state index contributed by atoms with van der Waals surface area (Å²) < 4.78 is 15.7. The fourth-order valence-electron chi connectivity index (χ4n) is 3.17. The van der Waals surface area contributed by atoms with Crippen LogP contribution in [0, 0.1) is 0 Å². The zero-order valence-electron chi connectivity index (χ0n) is 15.3. The van der Waals surface area contributed by atoms with Crippen molar-refractivity contribution in [3.63, 3.8) is 0 Å². The van der Waals surface area contributed by atoms with Gasteiger partial charge in [0, 0.05) is 10.8 Å². The molecule has 2 aromatic carbocycles. The molecule has 0 saturated heterocycles. The summed E-state index contributed by atoms with van der Waals surface area (Å²) >= 11 is 0. The largest absolute Gasteiger partial charge is 0.497 e. The number of hydrogen-bond acceptors (Lipinski definition) is 7. The van der Waals surface area contributed by atoms with E-state index < -0.39 is 34.3 Å². The molecule has 2 aromatic heterocycles. The first-order valence-corrected chi connectivity index (χ1v) is 8.50. The number of hydrogen-bond donors (Lipinski definition) is 2. The van der Waals surface area contributed by atoms with Gasteiger partial charge in [0.1, 0.15) is 28.0 Å². The molecule has 2 heterocycles. The highest BCUT2D eigenvalue weighted by molar-refractivity contribution is 6.09. The zero-order chi connectivity index (χ0) is 21.6. The molecule has 0 aliphatic heterocycles. The Balaban J connectivity index is 2.19. The highest BCUT2D eigenvalue weighted by Crippen LogP contribution is 2.36. The van der Waals surface area contributed by atoms with Gasteiger partial charge in [-0.25, -0.2) is 19.2 Å². The molecule has 0 spiro atoms. The Bertz CT molecular complexity index is 1370. The van der Waals surface area contributed by atoms with E-state index in [-0.39, 0.29) is 27.5 Å². The van der Waals surface area contributed by atoms with Crippen LogP contribution in [0.15, 0.2) is 60.9 Å². The lowest BCUT2D eigenvalue weighted by Crippen LogP contribution is -2.14. The van der Waals surface area contributed by atoms with Gasteiger partial charge in [0.05, 0.1) is 12.7 Å². The Morgan fingerprint density at radius 1 is 0.800 bits per heavy atom. The van der Waals surface area contributed by atoms with E-state index in [0.717, 1.165) is 12.1 Å². The third kappa shape index (κ3) is 2.98. The summed E-state index contributed by atoms with van der Waals surface area (Å²) in [6.07, 6.45) is 0. The number of carboxylic acid groups (broad SMARTS) is 2. The van der Waals surface area contributed by atoms with Crippen LogP contribution in [0.1, 0.15) is 20.7 Å². The minimum atomic E-state index is -1.47. The van der Waals surface area contributed by atoms with Crippen LogP contribution in [0.5, 0.6) is 5.75 Å². The molecule has 0 bridgehead atoms. The van der Waals surface area contributed by atoms with E-state index in [1.807, 2.05) is 0 Å². The summed E-state index contributed by atoms with van der Waals surface area (Å²) in [6.45, 7) is 0. The predicted molar refractivity (Wildman–Crippen MR) is 104 cm³/mol. The number of fused-ring (bicyclic) bond motifs is 2. The van der Waals surface area contributed by atoms with Crippen molar-refractivity contribution < 1.29 is 33.4 Å². The molecular weight excluding hydrogens is 396 g/mol. The van der Waals surface area contributed by atoms with Gasteiger partial charge in [-0.05, 0) is 35.9 Å². The maximum Gasteiger partial charge on any atom is 0.351 e. The van der Waals surface area contributed by atoms with Crippen molar-refractivity contribution in [2.45, 2.75) is 0 Å². The molecule has 0 fully saturated rings. The van der Waals surface area contributed by atoms with Crippen LogP contribution in [-0.2, 0) is 0 Å². The van der Waals surface area contributed by atoms with Gasteiger partial charge in [0.15, 0.2) is 0 Å². The smallest absolute Gasteiger partial charge is 0.351 e. The Morgan fingerprint density at radius 2 is 1.27 bits per heavy atom. The Labute approximate surface area is 166 Å². The highest BCUT2D eigenvalue weighted by atomic mass is 16.5. The van der Waals surface area contributed by atoms with Crippen molar-refractivity contribution in [1.29, 1.82) is 0 Å². The molecular formula is C21H12O9. The van der Waals surface area contributed by atoms with Gasteiger partial charge in [-0.15, -0.1) is 0 Å². The summed E-state index contributed by atoms with van der Waals surface area (Å²) in [4.78, 5) is 47.0. The standard InChI is InChI=1S/C21H12O9/c1-28-12-4-2-9(3-5-12)15-16-10(7-13(18(22)23)20(26)29-16)6-11-8-14(19(24)25)21(27)30-17(11)15/h2-8H,1H3,(H,22,23)(H,24,25). The molecule has 0 aliphatic carbocycles. The van der Waals surface area contributed by atoms with Gasteiger partial charge in [0.25, 0.3) is 0 Å². The van der Waals surface area contributed by atoms with Gasteiger partial charge in [-0.3, -0.25) is 0 Å². The van der Waals surface area contributed by atoms with Gasteiger partial charge in [-0.1, -0.05) is 12.1 Å². The maximum absolute atomic E-state index is 12.2. The van der Waals surface area contributed by atoms with Gasteiger partial charge in [-0.2, -0.15) is 0 Å². The second-order valence-electron chi connectivity index (χ2n) is 6.32. The molecule has 2 N–H and O–H groups in total. The molecule has 0 amide bonds. The molecule has 0 saturated carbocycles. The van der Waals surface area contributed by atoms with Gasteiger partial charge >= 0.3 is 23.2 Å². The average Bonchev–Trinajstić information content (AvgIpc) is 2.71. The van der Waals surface area contributed by atoms with E-state index in [0.29, 0.717) is 11.3 Å². The molecule has 9 nitrogen and oxygen atoms in total. The Hall–Kier alpha value is -4.40. The van der Waals surface area contributed by atoms with E-state index in [4.69, 9.17) is 13.6 Å². The van der Waals surface area contributed by atoms with Crippen molar-refractivity contribution in [3.8, 4) is 16.9 Å². The molecule has 30 heavy (non-hydrogen) atoms. The highest BCUT2D eigenvalue weighted by Gasteiger charge is 2.21. The minimum absolute atomic E-state index is 0.00566. The Kier molecular flexibility index (Phi) is 4.35. The first kappa shape index (κ1) is 18.9. The summed E-state index contributed by atoms with van der Waals surface area (Å²) in [7, 11) is 1.49. The third-order valence-electron chi connectivity index (χ3n) is 4.56. The van der Waals surface area contributed by atoms with E-state index in [2.05, 4.69) is 0 Å². The van der Waals surface area contributed by atoms with Crippen LogP contribution >= 0.6 is 0 Å². The summed E-state index contributed by atoms with van der Waals surface area (Å²) in [5.41, 5.74) is -2.65. The van der Waals surface area contributed by atoms with Crippen LogP contribution in [0.25, 0.3) is 33.1 Å². The van der Waals surface area contributed by atoms with Gasteiger partial charge < -0.3 is 23.8 Å². The first-order valence-electron chi connectivity index (χ1n) is 8.50. The van der Waals surface area contributed by atoms with Crippen LogP contribution in [-0.4, -0.2) is 29.3 Å². The van der Waals surface area contributed by atoms with Crippen LogP contribution < -0.4 is 16.0 Å². The summed E-state index contributed by atoms with van der Waals surface area (Å²) in [5.74, 6) is -2.39. The van der Waals surface area contributed by atoms with Crippen LogP contribution in [0.3, 0.4) is 0 Å². The first-order chi connectivity index (χ1) is 14.3. The van der Waals surface area contributed by atoms with Crippen molar-refractivity contribution >= 4 is 33.9 Å². The third-order valence-corrected chi connectivity index (χ3v) is 4.56.